The number of benzene rings is 1. The van der Waals surface area contributed by atoms with Gasteiger partial charge in [-0.25, -0.2) is 0 Å². The van der Waals surface area contributed by atoms with Crippen LogP contribution in [0.15, 0.2) is 24.3 Å². The molecule has 9 nitrogen and oxygen atoms in total. The second-order valence-corrected chi connectivity index (χ2v) is 8.44. The monoisotopic (exact) mass is 578 g/mol. The van der Waals surface area contributed by atoms with E-state index in [1.165, 1.54) is 20.8 Å². The lowest BCUT2D eigenvalue weighted by Crippen LogP contribution is -2.63. The van der Waals surface area contributed by atoms with Gasteiger partial charge in [0.1, 0.15) is 17.6 Å². The van der Waals surface area contributed by atoms with Crippen molar-refractivity contribution in [3.8, 4) is 11.5 Å². The zero-order valence-electron chi connectivity index (χ0n) is 19.3. The van der Waals surface area contributed by atoms with E-state index in [1.54, 1.807) is 24.3 Å². The molecule has 1 heterocycles. The van der Waals surface area contributed by atoms with Crippen LogP contribution >= 0.6 is 22.6 Å². The van der Waals surface area contributed by atoms with Gasteiger partial charge in [0.05, 0.1) is 6.61 Å². The summed E-state index contributed by atoms with van der Waals surface area (Å²) in [6, 6.07) is 6.96. The summed E-state index contributed by atoms with van der Waals surface area (Å²) in [5.41, 5.74) is 0. The highest BCUT2D eigenvalue weighted by Gasteiger charge is 2.52. The molecule has 1 aromatic rings. The molecule has 0 radical (unpaired) electrons. The molecule has 0 amide bonds. The van der Waals surface area contributed by atoms with Crippen LogP contribution in [0.3, 0.4) is 0 Å². The van der Waals surface area contributed by atoms with E-state index in [-0.39, 0.29) is 0 Å². The van der Waals surface area contributed by atoms with Crippen molar-refractivity contribution in [3.05, 3.63) is 24.3 Å². The summed E-state index contributed by atoms with van der Waals surface area (Å²) in [4.78, 5) is 35.3. The second-order valence-electron chi connectivity index (χ2n) is 7.56. The van der Waals surface area contributed by atoms with Gasteiger partial charge in [-0.15, -0.1) is 0 Å². The van der Waals surface area contributed by atoms with Gasteiger partial charge in [-0.3, -0.25) is 14.4 Å². The Kier molecular flexibility index (Phi) is 11.2. The fourth-order valence-electron chi connectivity index (χ4n) is 3.36. The zero-order valence-corrected chi connectivity index (χ0v) is 21.4. The highest BCUT2D eigenvalue weighted by molar-refractivity contribution is 14.1. The average Bonchev–Trinajstić information content (AvgIpc) is 2.75. The van der Waals surface area contributed by atoms with Crippen LogP contribution in [0.25, 0.3) is 0 Å². The van der Waals surface area contributed by atoms with Crippen LogP contribution in [-0.4, -0.2) is 59.6 Å². The summed E-state index contributed by atoms with van der Waals surface area (Å²) in [6.07, 6.45) is -1.77. The van der Waals surface area contributed by atoms with Crippen molar-refractivity contribution in [2.24, 2.45) is 0 Å². The van der Waals surface area contributed by atoms with Gasteiger partial charge in [0.2, 0.25) is 12.4 Å². The van der Waals surface area contributed by atoms with Crippen molar-refractivity contribution in [2.75, 3.05) is 11.0 Å². The Morgan fingerprint density at radius 1 is 0.848 bits per heavy atom. The first-order valence-electron chi connectivity index (χ1n) is 10.9. The number of ether oxygens (including phenoxy) is 6. The standard InChI is InChI=1S/C23H31IO9/c1-5-6-7-12-28-17-8-10-18(11-9-17)32-23-22(31-16(4)27)21(30-15(3)26)20(29-14(2)25)19(13-24)33-23/h8-11,19-23H,5-7,12-13H2,1-4H3/t19-,20+,21-,22+,23-/m1/s1. The molecule has 2 rings (SSSR count). The number of hydrogen-bond donors (Lipinski definition) is 0. The molecule has 0 aromatic heterocycles. The van der Waals surface area contributed by atoms with Gasteiger partial charge in [0.25, 0.3) is 0 Å². The van der Waals surface area contributed by atoms with Crippen molar-refractivity contribution in [2.45, 2.75) is 77.7 Å². The van der Waals surface area contributed by atoms with Crippen molar-refractivity contribution in [3.63, 3.8) is 0 Å². The Bertz CT molecular complexity index is 783. The Morgan fingerprint density at radius 2 is 1.39 bits per heavy atom. The molecule has 0 saturated carbocycles. The number of carbonyl (C=O) groups excluding carboxylic acids is 3. The van der Waals surface area contributed by atoms with Crippen LogP contribution in [0.5, 0.6) is 11.5 Å². The number of rotatable bonds is 11. The number of alkyl halides is 1. The zero-order chi connectivity index (χ0) is 24.4. The predicted molar refractivity (Wildman–Crippen MR) is 126 cm³/mol. The summed E-state index contributed by atoms with van der Waals surface area (Å²) >= 11 is 2.07. The smallest absolute Gasteiger partial charge is 0.303 e. The molecule has 1 fully saturated rings. The number of halogens is 1. The van der Waals surface area contributed by atoms with E-state index < -0.39 is 48.6 Å². The third-order valence-electron chi connectivity index (χ3n) is 4.74. The molecule has 0 bridgehead atoms. The van der Waals surface area contributed by atoms with Crippen LogP contribution in [0, 0.1) is 0 Å². The van der Waals surface area contributed by atoms with E-state index in [9.17, 15) is 14.4 Å². The lowest BCUT2D eigenvalue weighted by Gasteiger charge is -2.43. The van der Waals surface area contributed by atoms with E-state index in [0.717, 1.165) is 19.3 Å². The largest absolute Gasteiger partial charge is 0.494 e. The first-order valence-corrected chi connectivity index (χ1v) is 12.4. The fourth-order valence-corrected chi connectivity index (χ4v) is 4.07. The van der Waals surface area contributed by atoms with Gasteiger partial charge in [-0.05, 0) is 30.7 Å². The molecule has 1 aliphatic heterocycles. The molecular weight excluding hydrogens is 547 g/mol. The van der Waals surface area contributed by atoms with Crippen molar-refractivity contribution < 1.29 is 42.8 Å². The molecule has 0 unspecified atom stereocenters. The van der Waals surface area contributed by atoms with E-state index in [2.05, 4.69) is 29.5 Å². The van der Waals surface area contributed by atoms with Crippen LogP contribution < -0.4 is 9.47 Å². The van der Waals surface area contributed by atoms with Gasteiger partial charge >= 0.3 is 17.9 Å². The second kappa shape index (κ2) is 13.6. The lowest BCUT2D eigenvalue weighted by molar-refractivity contribution is -0.279. The van der Waals surface area contributed by atoms with Gasteiger partial charge in [-0.2, -0.15) is 0 Å². The molecule has 184 valence electrons. The quantitative estimate of drug-likeness (QED) is 0.128. The maximum atomic E-state index is 11.8. The van der Waals surface area contributed by atoms with Crippen LogP contribution in [0.4, 0.5) is 0 Å². The summed E-state index contributed by atoms with van der Waals surface area (Å²) in [5, 5.41) is 0. The van der Waals surface area contributed by atoms with Crippen LogP contribution in [0.2, 0.25) is 0 Å². The molecule has 1 aromatic carbocycles. The molecular formula is C23H31IO9. The maximum Gasteiger partial charge on any atom is 0.303 e. The number of hydrogen-bond acceptors (Lipinski definition) is 9. The summed E-state index contributed by atoms with van der Waals surface area (Å²) in [5.74, 6) is -0.673. The fraction of sp³-hybridized carbons (Fsp3) is 0.609. The minimum Gasteiger partial charge on any atom is -0.494 e. The topological polar surface area (TPSA) is 107 Å². The molecule has 0 aliphatic carbocycles. The van der Waals surface area contributed by atoms with Crippen molar-refractivity contribution in [1.82, 2.24) is 0 Å². The summed E-state index contributed by atoms with van der Waals surface area (Å²) in [7, 11) is 0. The third-order valence-corrected chi connectivity index (χ3v) is 5.61. The average molecular weight is 578 g/mol. The first kappa shape index (κ1) is 27.2. The van der Waals surface area contributed by atoms with E-state index >= 15 is 0 Å². The van der Waals surface area contributed by atoms with Gasteiger partial charge in [0.15, 0.2) is 12.2 Å². The molecule has 33 heavy (non-hydrogen) atoms. The van der Waals surface area contributed by atoms with Gasteiger partial charge < -0.3 is 28.4 Å². The first-order chi connectivity index (χ1) is 15.7. The third kappa shape index (κ3) is 8.65. The summed E-state index contributed by atoms with van der Waals surface area (Å²) in [6.45, 7) is 6.44. The normalized spacial score (nSPS) is 24.5. The highest BCUT2D eigenvalue weighted by atomic mass is 127. The molecule has 1 aliphatic rings. The van der Waals surface area contributed by atoms with E-state index in [1.807, 2.05) is 0 Å². The molecule has 5 atom stereocenters. The SMILES string of the molecule is CCCCCOc1ccc(O[C@@H]2O[C@H](CI)[C@H](OC(C)=O)[C@@H](OC(C)=O)[C@@H]2OC(C)=O)cc1. The minimum absolute atomic E-state index is 0.407. The van der Waals surface area contributed by atoms with Crippen molar-refractivity contribution >= 4 is 40.5 Å². The molecule has 10 heteroatoms. The number of carbonyl (C=O) groups is 3. The molecule has 1 saturated heterocycles. The Hall–Kier alpha value is -2.08. The lowest BCUT2D eigenvalue weighted by atomic mass is 9.99. The highest BCUT2D eigenvalue weighted by Crippen LogP contribution is 2.31. The van der Waals surface area contributed by atoms with E-state index in [0.29, 0.717) is 22.5 Å². The number of esters is 3. The van der Waals surface area contributed by atoms with Crippen LogP contribution in [-0.2, 0) is 33.3 Å². The van der Waals surface area contributed by atoms with E-state index in [4.69, 9.17) is 28.4 Å². The Balaban J connectivity index is 2.22. The number of unbranched alkanes of at least 4 members (excludes halogenated alkanes) is 2. The summed E-state index contributed by atoms with van der Waals surface area (Å²) < 4.78 is 34.3. The van der Waals surface area contributed by atoms with Gasteiger partial charge in [0, 0.05) is 25.2 Å². The van der Waals surface area contributed by atoms with Crippen LogP contribution in [0.1, 0.15) is 47.0 Å². The maximum absolute atomic E-state index is 11.8. The molecule has 0 N–H and O–H groups in total. The van der Waals surface area contributed by atoms with Crippen molar-refractivity contribution in [1.29, 1.82) is 0 Å². The minimum atomic E-state index is -1.15. The Labute approximate surface area is 207 Å². The Morgan fingerprint density at radius 3 is 1.94 bits per heavy atom. The predicted octanol–water partition coefficient (Wildman–Crippen LogP) is 3.59. The molecule has 0 spiro atoms. The van der Waals surface area contributed by atoms with Gasteiger partial charge in [-0.1, -0.05) is 42.4 Å².